The second-order valence-electron chi connectivity index (χ2n) is 5.14. The molecule has 1 aliphatic carbocycles. The molecule has 1 fully saturated rings. The fourth-order valence-corrected chi connectivity index (χ4v) is 2.40. The van der Waals surface area contributed by atoms with Crippen LogP contribution in [0.4, 0.5) is 0 Å². The number of carbonyl (C=O) groups is 1. The summed E-state index contributed by atoms with van der Waals surface area (Å²) in [6.07, 6.45) is 11.2. The lowest BCUT2D eigenvalue weighted by Gasteiger charge is -2.22. The fourth-order valence-electron chi connectivity index (χ4n) is 2.40. The van der Waals surface area contributed by atoms with Crippen LogP contribution in [0.2, 0.25) is 0 Å². The van der Waals surface area contributed by atoms with E-state index in [-0.39, 0.29) is 5.91 Å². The molecule has 0 aliphatic heterocycles. The van der Waals surface area contributed by atoms with Gasteiger partial charge < -0.3 is 10.6 Å². The van der Waals surface area contributed by atoms with E-state index in [9.17, 15) is 4.79 Å². The molecule has 0 aromatic heterocycles. The van der Waals surface area contributed by atoms with Gasteiger partial charge in [-0.05, 0) is 25.8 Å². The summed E-state index contributed by atoms with van der Waals surface area (Å²) < 4.78 is 0. The number of rotatable bonds is 8. The van der Waals surface area contributed by atoms with Crippen molar-refractivity contribution >= 4 is 5.91 Å². The van der Waals surface area contributed by atoms with Gasteiger partial charge in [0.2, 0.25) is 5.91 Å². The van der Waals surface area contributed by atoms with Crippen LogP contribution in [0.5, 0.6) is 0 Å². The minimum atomic E-state index is 0.174. The van der Waals surface area contributed by atoms with Crippen LogP contribution in [-0.2, 0) is 4.79 Å². The molecular formula is C14H28N2O. The van der Waals surface area contributed by atoms with Crippen LogP contribution in [0.15, 0.2) is 0 Å². The fraction of sp³-hybridized carbons (Fsp3) is 0.929. The Morgan fingerprint density at radius 3 is 2.59 bits per heavy atom. The van der Waals surface area contributed by atoms with Crippen molar-refractivity contribution < 1.29 is 4.79 Å². The van der Waals surface area contributed by atoms with Gasteiger partial charge in [-0.2, -0.15) is 0 Å². The zero-order valence-electron chi connectivity index (χ0n) is 11.3. The van der Waals surface area contributed by atoms with Gasteiger partial charge in [0.15, 0.2) is 0 Å². The molecule has 0 atom stereocenters. The highest BCUT2D eigenvalue weighted by Crippen LogP contribution is 2.16. The zero-order chi connectivity index (χ0) is 12.3. The molecule has 0 bridgehead atoms. The maximum absolute atomic E-state index is 11.6. The third-order valence-electron chi connectivity index (χ3n) is 3.46. The first kappa shape index (κ1) is 14.5. The number of hydrogen-bond acceptors (Lipinski definition) is 2. The molecular weight excluding hydrogens is 212 g/mol. The molecule has 0 saturated heterocycles. The molecule has 0 spiro atoms. The van der Waals surface area contributed by atoms with Crippen LogP contribution >= 0.6 is 0 Å². The molecule has 0 aromatic rings. The van der Waals surface area contributed by atoms with E-state index in [2.05, 4.69) is 17.6 Å². The Labute approximate surface area is 106 Å². The number of amides is 1. The van der Waals surface area contributed by atoms with E-state index in [1.807, 2.05) is 0 Å². The van der Waals surface area contributed by atoms with Crippen LogP contribution < -0.4 is 10.6 Å². The smallest absolute Gasteiger partial charge is 0.234 e. The second kappa shape index (κ2) is 9.46. The van der Waals surface area contributed by atoms with Gasteiger partial charge in [0.05, 0.1) is 6.54 Å². The molecule has 0 radical (unpaired) electrons. The summed E-state index contributed by atoms with van der Waals surface area (Å²) in [7, 11) is 0. The predicted octanol–water partition coefficient (Wildman–Crippen LogP) is 2.61. The van der Waals surface area contributed by atoms with E-state index >= 15 is 0 Å². The Hall–Kier alpha value is -0.570. The van der Waals surface area contributed by atoms with Crippen LogP contribution in [0.25, 0.3) is 0 Å². The van der Waals surface area contributed by atoms with Crippen LogP contribution in [0.3, 0.4) is 0 Å². The van der Waals surface area contributed by atoms with Crippen molar-refractivity contribution in [2.75, 3.05) is 13.1 Å². The summed E-state index contributed by atoms with van der Waals surface area (Å²) >= 11 is 0. The Balaban J connectivity index is 1.93. The number of unbranched alkanes of at least 4 members (excludes halogenated alkanes) is 3. The molecule has 0 heterocycles. The summed E-state index contributed by atoms with van der Waals surface area (Å²) in [6.45, 7) is 3.67. The Bertz CT molecular complexity index is 200. The van der Waals surface area contributed by atoms with Crippen molar-refractivity contribution in [3.63, 3.8) is 0 Å². The molecule has 1 saturated carbocycles. The normalized spacial score (nSPS) is 17.0. The molecule has 2 N–H and O–H groups in total. The molecule has 17 heavy (non-hydrogen) atoms. The van der Waals surface area contributed by atoms with Crippen LogP contribution in [0, 0.1) is 0 Å². The van der Waals surface area contributed by atoms with E-state index in [1.165, 1.54) is 57.8 Å². The molecule has 0 aromatic carbocycles. The summed E-state index contributed by atoms with van der Waals surface area (Å²) in [6, 6.07) is 0.443. The highest BCUT2D eigenvalue weighted by molar-refractivity contribution is 5.78. The lowest BCUT2D eigenvalue weighted by atomic mass is 9.95. The second-order valence-corrected chi connectivity index (χ2v) is 5.14. The van der Waals surface area contributed by atoms with Gasteiger partial charge in [0, 0.05) is 6.04 Å². The summed E-state index contributed by atoms with van der Waals surface area (Å²) in [5.41, 5.74) is 0. The molecule has 3 nitrogen and oxygen atoms in total. The van der Waals surface area contributed by atoms with Crippen molar-refractivity contribution in [2.45, 2.75) is 70.8 Å². The van der Waals surface area contributed by atoms with Gasteiger partial charge in [0.1, 0.15) is 0 Å². The van der Waals surface area contributed by atoms with Crippen LogP contribution in [-0.4, -0.2) is 25.0 Å². The molecule has 3 heteroatoms. The first-order valence-corrected chi connectivity index (χ1v) is 7.33. The topological polar surface area (TPSA) is 41.1 Å². The quantitative estimate of drug-likeness (QED) is 0.640. The number of carbonyl (C=O) groups excluding carboxylic acids is 1. The maximum atomic E-state index is 11.6. The van der Waals surface area contributed by atoms with Crippen molar-refractivity contribution in [3.8, 4) is 0 Å². The van der Waals surface area contributed by atoms with E-state index in [4.69, 9.17) is 0 Å². The average Bonchev–Trinajstić information content (AvgIpc) is 2.35. The van der Waals surface area contributed by atoms with E-state index in [0.29, 0.717) is 12.6 Å². The SMILES string of the molecule is CCCCCCNCC(=O)NC1CCCCC1. The van der Waals surface area contributed by atoms with Gasteiger partial charge in [0.25, 0.3) is 0 Å². The zero-order valence-corrected chi connectivity index (χ0v) is 11.3. The average molecular weight is 240 g/mol. The van der Waals surface area contributed by atoms with Crippen molar-refractivity contribution in [1.29, 1.82) is 0 Å². The van der Waals surface area contributed by atoms with Crippen molar-refractivity contribution in [3.05, 3.63) is 0 Å². The molecule has 1 amide bonds. The monoisotopic (exact) mass is 240 g/mol. The van der Waals surface area contributed by atoms with Crippen LogP contribution in [0.1, 0.15) is 64.7 Å². The van der Waals surface area contributed by atoms with E-state index in [1.54, 1.807) is 0 Å². The Morgan fingerprint density at radius 1 is 1.12 bits per heavy atom. The van der Waals surface area contributed by atoms with E-state index < -0.39 is 0 Å². The van der Waals surface area contributed by atoms with Gasteiger partial charge in [-0.3, -0.25) is 4.79 Å². The van der Waals surface area contributed by atoms with Crippen molar-refractivity contribution in [1.82, 2.24) is 10.6 Å². The van der Waals surface area contributed by atoms with Gasteiger partial charge in [-0.25, -0.2) is 0 Å². The van der Waals surface area contributed by atoms with Gasteiger partial charge in [-0.1, -0.05) is 45.4 Å². The summed E-state index contributed by atoms with van der Waals surface area (Å²) in [5, 5.41) is 6.34. The first-order chi connectivity index (χ1) is 8.33. The number of nitrogens with one attached hydrogen (secondary N) is 2. The third kappa shape index (κ3) is 7.37. The molecule has 1 rings (SSSR count). The lowest BCUT2D eigenvalue weighted by molar-refractivity contribution is -0.121. The minimum Gasteiger partial charge on any atom is -0.352 e. The third-order valence-corrected chi connectivity index (χ3v) is 3.46. The minimum absolute atomic E-state index is 0.174. The maximum Gasteiger partial charge on any atom is 0.234 e. The predicted molar refractivity (Wildman–Crippen MR) is 72.0 cm³/mol. The Morgan fingerprint density at radius 2 is 1.88 bits per heavy atom. The lowest BCUT2D eigenvalue weighted by Crippen LogP contribution is -2.41. The largest absolute Gasteiger partial charge is 0.352 e. The van der Waals surface area contributed by atoms with Gasteiger partial charge >= 0.3 is 0 Å². The summed E-state index contributed by atoms with van der Waals surface area (Å²) in [5.74, 6) is 0.174. The summed E-state index contributed by atoms with van der Waals surface area (Å²) in [4.78, 5) is 11.6. The molecule has 0 unspecified atom stereocenters. The van der Waals surface area contributed by atoms with Gasteiger partial charge in [-0.15, -0.1) is 0 Å². The molecule has 100 valence electrons. The first-order valence-electron chi connectivity index (χ1n) is 7.33. The Kier molecular flexibility index (Phi) is 8.06. The van der Waals surface area contributed by atoms with E-state index in [0.717, 1.165) is 6.54 Å². The highest BCUT2D eigenvalue weighted by Gasteiger charge is 2.14. The molecule has 1 aliphatic rings. The van der Waals surface area contributed by atoms with Crippen molar-refractivity contribution in [2.24, 2.45) is 0 Å². The number of hydrogen-bond donors (Lipinski definition) is 2. The highest BCUT2D eigenvalue weighted by atomic mass is 16.1. The standard InChI is InChI=1S/C14H28N2O/c1-2-3-4-8-11-15-12-14(17)16-13-9-6-5-7-10-13/h13,15H,2-12H2,1H3,(H,16,17).